The normalized spacial score (nSPS) is 21.2. The Morgan fingerprint density at radius 3 is 2.85 bits per heavy atom. The van der Waals surface area contributed by atoms with Crippen molar-refractivity contribution < 1.29 is 14.6 Å². The highest BCUT2D eigenvalue weighted by molar-refractivity contribution is 6.04. The Bertz CT molecular complexity index is 931. The summed E-state index contributed by atoms with van der Waals surface area (Å²) < 4.78 is 7.23. The summed E-state index contributed by atoms with van der Waals surface area (Å²) in [6, 6.07) is 3.64. The van der Waals surface area contributed by atoms with Crippen LogP contribution in [0.3, 0.4) is 0 Å². The Morgan fingerprint density at radius 1 is 1.41 bits per heavy atom. The molecule has 8 nitrogen and oxygen atoms in total. The van der Waals surface area contributed by atoms with E-state index in [1.807, 2.05) is 25.4 Å². The van der Waals surface area contributed by atoms with E-state index in [2.05, 4.69) is 15.4 Å². The number of rotatable bonds is 2. The lowest BCUT2D eigenvalue weighted by Gasteiger charge is -2.19. The van der Waals surface area contributed by atoms with Crippen molar-refractivity contribution in [3.63, 3.8) is 0 Å². The van der Waals surface area contributed by atoms with Crippen LogP contribution < -0.4 is 10.1 Å². The fraction of sp³-hybridized carbons (Fsp3) is 0.421. The number of carbonyl (C=O) groups is 1. The van der Waals surface area contributed by atoms with Crippen LogP contribution in [0.25, 0.3) is 11.1 Å². The Kier molecular flexibility index (Phi) is 4.15. The number of nitrogens with one attached hydrogen (secondary N) is 1. The molecule has 0 spiro atoms. The summed E-state index contributed by atoms with van der Waals surface area (Å²) in [6.45, 7) is 2.60. The smallest absolute Gasteiger partial charge is 0.322 e. The molecular formula is C19H23N5O3. The van der Waals surface area contributed by atoms with Gasteiger partial charge in [0, 0.05) is 42.9 Å². The van der Waals surface area contributed by atoms with Crippen molar-refractivity contribution in [2.75, 3.05) is 20.2 Å². The zero-order valence-electron chi connectivity index (χ0n) is 15.7. The standard InChI is InChI=1S/C19H23N5O3/c1-19(26)6-7-24(11-19)18(25)22-16-8-14-15(27-3)5-4-13(17(14)21-16)12-9-20-23(2)10-12/h4-5,9-10,26H,6-8,11H2,1-3H3,(H,21,22,25). The molecule has 1 aromatic carbocycles. The maximum atomic E-state index is 12.5. The summed E-state index contributed by atoms with van der Waals surface area (Å²) in [6.07, 6.45) is 4.79. The van der Waals surface area contributed by atoms with E-state index >= 15 is 0 Å². The topological polar surface area (TPSA) is 92.0 Å². The van der Waals surface area contributed by atoms with Crippen molar-refractivity contribution >= 4 is 17.6 Å². The molecule has 8 heteroatoms. The van der Waals surface area contributed by atoms with Gasteiger partial charge >= 0.3 is 6.03 Å². The number of ether oxygens (including phenoxy) is 1. The van der Waals surface area contributed by atoms with Crippen LogP contribution in [0, 0.1) is 0 Å². The minimum atomic E-state index is -0.825. The van der Waals surface area contributed by atoms with E-state index in [0.717, 1.165) is 28.1 Å². The van der Waals surface area contributed by atoms with Crippen molar-refractivity contribution in [1.29, 1.82) is 0 Å². The van der Waals surface area contributed by atoms with Gasteiger partial charge in [0.1, 0.15) is 11.6 Å². The molecule has 4 rings (SSSR count). The van der Waals surface area contributed by atoms with Crippen LogP contribution in [-0.4, -0.2) is 57.5 Å². The third-order valence-corrected chi connectivity index (χ3v) is 5.06. The van der Waals surface area contributed by atoms with E-state index in [-0.39, 0.29) is 6.03 Å². The van der Waals surface area contributed by atoms with Crippen LogP contribution in [0.1, 0.15) is 18.9 Å². The van der Waals surface area contributed by atoms with Gasteiger partial charge < -0.3 is 14.7 Å². The fourth-order valence-corrected chi connectivity index (χ4v) is 3.64. The van der Waals surface area contributed by atoms with Gasteiger partial charge in [0.2, 0.25) is 0 Å². The SMILES string of the molecule is COc1ccc(-c2cnn(C)c2)c2c1CC(NC(=O)N1CCC(C)(O)C1)=N2. The summed E-state index contributed by atoms with van der Waals surface area (Å²) in [5.41, 5.74) is 2.83. The summed E-state index contributed by atoms with van der Waals surface area (Å²) >= 11 is 0. The number of methoxy groups -OCH3 is 1. The number of amides is 2. The number of urea groups is 1. The fourth-order valence-electron chi connectivity index (χ4n) is 3.64. The minimum absolute atomic E-state index is 0.235. The monoisotopic (exact) mass is 369 g/mol. The number of aliphatic imine (C=N–C) groups is 1. The second kappa shape index (κ2) is 6.38. The van der Waals surface area contributed by atoms with Crippen LogP contribution in [-0.2, 0) is 13.5 Å². The average Bonchev–Trinajstić information content (AvgIpc) is 3.32. The first-order valence-electron chi connectivity index (χ1n) is 8.91. The van der Waals surface area contributed by atoms with Crippen LogP contribution in [0.15, 0.2) is 29.5 Å². The molecule has 1 unspecified atom stereocenters. The third-order valence-electron chi connectivity index (χ3n) is 5.06. The van der Waals surface area contributed by atoms with Crippen molar-refractivity contribution in [2.24, 2.45) is 12.0 Å². The Hall–Kier alpha value is -2.87. The van der Waals surface area contributed by atoms with E-state index in [0.29, 0.717) is 31.8 Å². The molecular weight excluding hydrogens is 346 g/mol. The van der Waals surface area contributed by atoms with Crippen LogP contribution >= 0.6 is 0 Å². The molecule has 1 fully saturated rings. The number of nitrogens with zero attached hydrogens (tertiary/aromatic N) is 4. The number of β-amino-alcohol motifs (C(OH)–C–C–N with tert-alkyl or cyclic N) is 1. The number of fused-ring (bicyclic) bond motifs is 1. The molecule has 0 saturated carbocycles. The van der Waals surface area contributed by atoms with E-state index in [4.69, 9.17) is 4.74 Å². The van der Waals surface area contributed by atoms with Gasteiger partial charge in [0.25, 0.3) is 0 Å². The van der Waals surface area contributed by atoms with Gasteiger partial charge in [-0.2, -0.15) is 5.10 Å². The third kappa shape index (κ3) is 3.28. The molecule has 2 amide bonds. The maximum Gasteiger partial charge on any atom is 0.322 e. The molecule has 27 heavy (non-hydrogen) atoms. The first kappa shape index (κ1) is 17.5. The molecule has 2 aliphatic rings. The van der Waals surface area contributed by atoms with E-state index in [1.54, 1.807) is 29.8 Å². The predicted octanol–water partition coefficient (Wildman–Crippen LogP) is 1.85. The molecule has 2 aromatic rings. The molecule has 0 bridgehead atoms. The molecule has 2 N–H and O–H groups in total. The summed E-state index contributed by atoms with van der Waals surface area (Å²) in [4.78, 5) is 18.8. The molecule has 1 aromatic heterocycles. The van der Waals surface area contributed by atoms with E-state index in [9.17, 15) is 9.90 Å². The number of aliphatic hydroxyl groups is 1. The Morgan fingerprint density at radius 2 is 2.22 bits per heavy atom. The lowest BCUT2D eigenvalue weighted by molar-refractivity contribution is 0.0722. The van der Waals surface area contributed by atoms with Gasteiger partial charge in [0.05, 0.1) is 31.1 Å². The minimum Gasteiger partial charge on any atom is -0.496 e. The van der Waals surface area contributed by atoms with E-state index in [1.165, 1.54) is 0 Å². The summed E-state index contributed by atoms with van der Waals surface area (Å²) in [5.74, 6) is 1.32. The van der Waals surface area contributed by atoms with Gasteiger partial charge in [-0.25, -0.2) is 9.79 Å². The lowest BCUT2D eigenvalue weighted by Crippen LogP contribution is -2.43. The molecule has 0 radical (unpaired) electrons. The van der Waals surface area contributed by atoms with Gasteiger partial charge in [-0.05, 0) is 25.5 Å². The number of aromatic nitrogens is 2. The van der Waals surface area contributed by atoms with Crippen molar-refractivity contribution in [3.8, 4) is 16.9 Å². The largest absolute Gasteiger partial charge is 0.496 e. The molecule has 1 atom stereocenters. The average molecular weight is 369 g/mol. The lowest BCUT2D eigenvalue weighted by atomic mass is 10.0. The highest BCUT2D eigenvalue weighted by Gasteiger charge is 2.35. The number of likely N-dealkylation sites (tertiary alicyclic amines) is 1. The summed E-state index contributed by atoms with van der Waals surface area (Å²) in [5, 5.41) is 17.2. The predicted molar refractivity (Wildman–Crippen MR) is 101 cm³/mol. The molecule has 3 heterocycles. The van der Waals surface area contributed by atoms with Crippen LogP contribution in [0.5, 0.6) is 5.75 Å². The molecule has 0 aliphatic carbocycles. The first-order chi connectivity index (χ1) is 12.9. The molecule has 142 valence electrons. The van der Waals surface area contributed by atoms with Crippen LogP contribution in [0.2, 0.25) is 0 Å². The second-order valence-corrected chi connectivity index (χ2v) is 7.38. The number of hydrogen-bond acceptors (Lipinski definition) is 5. The Labute approximate surface area is 157 Å². The number of amidine groups is 1. The number of benzene rings is 1. The van der Waals surface area contributed by atoms with Gasteiger partial charge in [-0.1, -0.05) is 0 Å². The van der Waals surface area contributed by atoms with Gasteiger partial charge in [-0.15, -0.1) is 0 Å². The van der Waals surface area contributed by atoms with Gasteiger partial charge in [0.15, 0.2) is 0 Å². The highest BCUT2D eigenvalue weighted by atomic mass is 16.5. The Balaban J connectivity index is 1.60. The van der Waals surface area contributed by atoms with Crippen LogP contribution in [0.4, 0.5) is 10.5 Å². The quantitative estimate of drug-likeness (QED) is 0.845. The van der Waals surface area contributed by atoms with Crippen molar-refractivity contribution in [2.45, 2.75) is 25.4 Å². The molecule has 1 saturated heterocycles. The van der Waals surface area contributed by atoms with Crippen molar-refractivity contribution in [1.82, 2.24) is 20.0 Å². The van der Waals surface area contributed by atoms with Gasteiger partial charge in [-0.3, -0.25) is 10.00 Å². The zero-order valence-corrected chi connectivity index (χ0v) is 15.7. The van der Waals surface area contributed by atoms with E-state index < -0.39 is 5.60 Å². The first-order valence-corrected chi connectivity index (χ1v) is 8.91. The molecule has 2 aliphatic heterocycles. The highest BCUT2D eigenvalue weighted by Crippen LogP contribution is 2.42. The summed E-state index contributed by atoms with van der Waals surface area (Å²) in [7, 11) is 3.50. The van der Waals surface area contributed by atoms with Crippen molar-refractivity contribution in [3.05, 3.63) is 30.1 Å². The number of carbonyl (C=O) groups excluding carboxylic acids is 1. The second-order valence-electron chi connectivity index (χ2n) is 7.38. The maximum absolute atomic E-state index is 12.5. The number of aryl methyl sites for hydroxylation is 1. The number of hydrogen-bond donors (Lipinski definition) is 2. The zero-order chi connectivity index (χ0) is 19.2.